The maximum Gasteiger partial charge on any atom is 0.416 e. The first-order chi connectivity index (χ1) is 11.2. The van der Waals surface area contributed by atoms with Crippen molar-refractivity contribution in [1.29, 1.82) is 0 Å². The van der Waals surface area contributed by atoms with Crippen molar-refractivity contribution in [3.8, 4) is 0 Å². The first-order valence-electron chi connectivity index (χ1n) is 6.95. The number of carbonyl (C=O) groups excluding carboxylic acids is 2. The number of aliphatic hydroxyl groups is 1. The zero-order valence-electron chi connectivity index (χ0n) is 12.6. The van der Waals surface area contributed by atoms with Crippen LogP contribution in [0.2, 0.25) is 0 Å². The van der Waals surface area contributed by atoms with Crippen LogP contribution in [-0.4, -0.2) is 23.0 Å². The van der Waals surface area contributed by atoms with Crippen LogP contribution < -0.4 is 5.32 Å². The minimum absolute atomic E-state index is 0.139. The Balaban J connectivity index is 2.08. The van der Waals surface area contributed by atoms with E-state index in [4.69, 9.17) is 0 Å². The van der Waals surface area contributed by atoms with Crippen molar-refractivity contribution >= 4 is 11.7 Å². The summed E-state index contributed by atoms with van der Waals surface area (Å²) in [7, 11) is 0. The Hall–Kier alpha value is -2.67. The topological polar surface area (TPSA) is 66.4 Å². The monoisotopic (exact) mass is 337 g/mol. The van der Waals surface area contributed by atoms with Crippen molar-refractivity contribution in [3.05, 3.63) is 70.8 Å². The quantitative estimate of drug-likeness (QED) is 0.666. The summed E-state index contributed by atoms with van der Waals surface area (Å²) in [4.78, 5) is 23.9. The number of hydrogen-bond donors (Lipinski definition) is 2. The summed E-state index contributed by atoms with van der Waals surface area (Å²) in [6.45, 7) is 1.78. The fraction of sp³-hybridized carbons (Fsp3) is 0.176. The van der Waals surface area contributed by atoms with Gasteiger partial charge in [0.2, 0.25) is 5.78 Å². The zero-order chi connectivity index (χ0) is 17.9. The first-order valence-corrected chi connectivity index (χ1v) is 6.95. The Labute approximate surface area is 135 Å². The minimum atomic E-state index is -4.51. The van der Waals surface area contributed by atoms with Gasteiger partial charge in [0, 0.05) is 11.1 Å². The van der Waals surface area contributed by atoms with Crippen molar-refractivity contribution in [3.63, 3.8) is 0 Å². The summed E-state index contributed by atoms with van der Waals surface area (Å²) in [5.41, 5.74) is 0.0397. The molecule has 0 heterocycles. The predicted octanol–water partition coefficient (Wildman–Crippen LogP) is 2.94. The van der Waals surface area contributed by atoms with Gasteiger partial charge in [-0.1, -0.05) is 29.8 Å². The van der Waals surface area contributed by atoms with E-state index in [0.717, 1.165) is 29.8 Å². The van der Waals surface area contributed by atoms with Gasteiger partial charge in [-0.25, -0.2) is 0 Å². The van der Waals surface area contributed by atoms with Gasteiger partial charge in [-0.3, -0.25) is 9.59 Å². The van der Waals surface area contributed by atoms with Crippen LogP contribution in [0.3, 0.4) is 0 Å². The highest BCUT2D eigenvalue weighted by Gasteiger charge is 2.30. The summed E-state index contributed by atoms with van der Waals surface area (Å²) in [5, 5.41) is 11.9. The molecule has 0 radical (unpaired) electrons. The Bertz CT molecular complexity index is 754. The van der Waals surface area contributed by atoms with E-state index in [9.17, 15) is 27.9 Å². The number of benzene rings is 2. The predicted molar refractivity (Wildman–Crippen MR) is 80.4 cm³/mol. The SMILES string of the molecule is Cc1cccc(C(=O)NC(O)C(=O)c2ccc(C(F)(F)F)cc2)c1. The number of nitrogens with one attached hydrogen (secondary N) is 1. The van der Waals surface area contributed by atoms with E-state index in [0.29, 0.717) is 0 Å². The van der Waals surface area contributed by atoms with Crippen LogP contribution in [0.1, 0.15) is 31.8 Å². The van der Waals surface area contributed by atoms with Crippen LogP contribution in [0.4, 0.5) is 13.2 Å². The molecule has 0 saturated carbocycles. The molecule has 0 aliphatic heterocycles. The average molecular weight is 337 g/mol. The maximum absolute atomic E-state index is 12.5. The third-order valence-corrected chi connectivity index (χ3v) is 3.29. The molecule has 24 heavy (non-hydrogen) atoms. The Kier molecular flexibility index (Phi) is 5.04. The third kappa shape index (κ3) is 4.20. The van der Waals surface area contributed by atoms with Crippen LogP contribution in [0, 0.1) is 6.92 Å². The van der Waals surface area contributed by atoms with Crippen molar-refractivity contribution in [2.75, 3.05) is 0 Å². The third-order valence-electron chi connectivity index (χ3n) is 3.29. The molecule has 0 bridgehead atoms. The number of rotatable bonds is 4. The van der Waals surface area contributed by atoms with Crippen LogP contribution in [0.5, 0.6) is 0 Å². The van der Waals surface area contributed by atoms with Gasteiger partial charge in [0.05, 0.1) is 5.56 Å². The molecule has 2 aromatic carbocycles. The first kappa shape index (κ1) is 17.7. The smallest absolute Gasteiger partial charge is 0.367 e. The fourth-order valence-corrected chi connectivity index (χ4v) is 2.04. The van der Waals surface area contributed by atoms with E-state index in [1.54, 1.807) is 25.1 Å². The molecule has 2 aromatic rings. The highest BCUT2D eigenvalue weighted by Crippen LogP contribution is 2.29. The molecule has 0 fully saturated rings. The van der Waals surface area contributed by atoms with Crippen LogP contribution in [0.25, 0.3) is 0 Å². The van der Waals surface area contributed by atoms with Gasteiger partial charge in [0.1, 0.15) is 0 Å². The van der Waals surface area contributed by atoms with Gasteiger partial charge in [-0.15, -0.1) is 0 Å². The van der Waals surface area contributed by atoms with E-state index in [1.807, 2.05) is 0 Å². The number of alkyl halides is 3. The summed E-state index contributed by atoms with van der Waals surface area (Å²) < 4.78 is 37.4. The molecule has 1 atom stereocenters. The molecule has 126 valence electrons. The Morgan fingerprint density at radius 2 is 1.67 bits per heavy atom. The Morgan fingerprint density at radius 1 is 1.04 bits per heavy atom. The number of amides is 1. The van der Waals surface area contributed by atoms with Crippen molar-refractivity contribution in [1.82, 2.24) is 5.32 Å². The van der Waals surface area contributed by atoms with E-state index in [1.165, 1.54) is 6.07 Å². The van der Waals surface area contributed by atoms with Gasteiger partial charge in [0.25, 0.3) is 5.91 Å². The van der Waals surface area contributed by atoms with Crippen molar-refractivity contribution in [2.24, 2.45) is 0 Å². The molecule has 0 aliphatic rings. The van der Waals surface area contributed by atoms with E-state index in [2.05, 4.69) is 5.32 Å². The maximum atomic E-state index is 12.5. The number of aryl methyl sites for hydroxylation is 1. The number of aliphatic hydroxyl groups excluding tert-OH is 1. The molecular weight excluding hydrogens is 323 g/mol. The molecule has 4 nitrogen and oxygen atoms in total. The molecule has 1 amide bonds. The van der Waals surface area contributed by atoms with Gasteiger partial charge in [-0.05, 0) is 31.2 Å². The summed E-state index contributed by atoms with van der Waals surface area (Å²) in [5.74, 6) is -1.56. The van der Waals surface area contributed by atoms with Gasteiger partial charge in [0.15, 0.2) is 6.23 Å². The van der Waals surface area contributed by atoms with Crippen LogP contribution in [0.15, 0.2) is 48.5 Å². The standard InChI is InChI=1S/C17H14F3NO3/c1-10-3-2-4-12(9-10)15(23)21-16(24)14(22)11-5-7-13(8-6-11)17(18,19)20/h2-9,16,24H,1H3,(H,21,23). The van der Waals surface area contributed by atoms with E-state index < -0.39 is 29.7 Å². The average Bonchev–Trinajstić information content (AvgIpc) is 2.53. The molecule has 2 N–H and O–H groups in total. The summed E-state index contributed by atoms with van der Waals surface area (Å²) in [6.07, 6.45) is -6.37. The van der Waals surface area contributed by atoms with Crippen molar-refractivity contribution < 1.29 is 27.9 Å². The lowest BCUT2D eigenvalue weighted by Crippen LogP contribution is -2.40. The number of ketones is 1. The number of carbonyl (C=O) groups is 2. The summed E-state index contributed by atoms with van der Waals surface area (Å²) in [6, 6.07) is 9.89. The second kappa shape index (κ2) is 6.84. The number of hydrogen-bond acceptors (Lipinski definition) is 3. The van der Waals surface area contributed by atoms with Crippen LogP contribution >= 0.6 is 0 Å². The van der Waals surface area contributed by atoms with E-state index in [-0.39, 0.29) is 11.1 Å². The highest BCUT2D eigenvalue weighted by atomic mass is 19.4. The van der Waals surface area contributed by atoms with E-state index >= 15 is 0 Å². The van der Waals surface area contributed by atoms with Gasteiger partial charge in [-0.2, -0.15) is 13.2 Å². The molecular formula is C17H14F3NO3. The minimum Gasteiger partial charge on any atom is -0.367 e. The molecule has 2 rings (SSSR count). The molecule has 0 saturated heterocycles. The molecule has 0 aliphatic carbocycles. The Morgan fingerprint density at radius 3 is 2.21 bits per heavy atom. The molecule has 7 heteroatoms. The van der Waals surface area contributed by atoms with Crippen molar-refractivity contribution in [2.45, 2.75) is 19.3 Å². The zero-order valence-corrected chi connectivity index (χ0v) is 12.6. The lowest BCUT2D eigenvalue weighted by atomic mass is 10.1. The second-order valence-corrected chi connectivity index (χ2v) is 5.18. The van der Waals surface area contributed by atoms with Gasteiger partial charge >= 0.3 is 6.18 Å². The molecule has 0 spiro atoms. The largest absolute Gasteiger partial charge is 0.416 e. The molecule has 0 aromatic heterocycles. The normalized spacial score (nSPS) is 12.5. The fourth-order valence-electron chi connectivity index (χ4n) is 2.04. The lowest BCUT2D eigenvalue weighted by Gasteiger charge is -2.13. The number of Topliss-reactive ketones (excluding diaryl/α,β-unsaturated/α-hetero) is 1. The summed E-state index contributed by atoms with van der Waals surface area (Å²) >= 11 is 0. The van der Waals surface area contributed by atoms with Crippen LogP contribution in [-0.2, 0) is 6.18 Å². The molecule has 1 unspecified atom stereocenters. The second-order valence-electron chi connectivity index (χ2n) is 5.18. The highest BCUT2D eigenvalue weighted by molar-refractivity contribution is 6.03. The van der Waals surface area contributed by atoms with Gasteiger partial charge < -0.3 is 10.4 Å². The number of halogens is 3. The lowest BCUT2D eigenvalue weighted by molar-refractivity contribution is -0.137.